The Morgan fingerprint density at radius 3 is 2.81 bits per heavy atom. The molecule has 1 aliphatic rings. The maximum atomic E-state index is 13.1. The highest BCUT2D eigenvalue weighted by Gasteiger charge is 2.35. The molecule has 1 aliphatic heterocycles. The zero-order chi connectivity index (χ0) is 25.8. The van der Waals surface area contributed by atoms with E-state index in [0.29, 0.717) is 37.7 Å². The van der Waals surface area contributed by atoms with Gasteiger partial charge in [-0.05, 0) is 54.8 Å². The van der Waals surface area contributed by atoms with Gasteiger partial charge in [0.1, 0.15) is 25.0 Å². The van der Waals surface area contributed by atoms with Crippen molar-refractivity contribution in [3.63, 3.8) is 0 Å². The van der Waals surface area contributed by atoms with Crippen molar-refractivity contribution in [2.75, 3.05) is 45.3 Å². The molecule has 2 aromatic heterocycles. The Balaban J connectivity index is 1.35. The number of ether oxygens (including phenoxy) is 3. The van der Waals surface area contributed by atoms with Crippen molar-refractivity contribution in [2.24, 2.45) is 0 Å². The lowest BCUT2D eigenvalue weighted by Gasteiger charge is -2.35. The summed E-state index contributed by atoms with van der Waals surface area (Å²) in [5.41, 5.74) is 4.11. The Labute approximate surface area is 224 Å². The van der Waals surface area contributed by atoms with Crippen molar-refractivity contribution in [1.82, 2.24) is 14.9 Å². The third-order valence-electron chi connectivity index (χ3n) is 6.30. The van der Waals surface area contributed by atoms with Gasteiger partial charge in [0, 0.05) is 46.3 Å². The minimum atomic E-state index is -0.367. The second-order valence-electron chi connectivity index (χ2n) is 8.78. The lowest BCUT2D eigenvalue weighted by Crippen LogP contribution is -2.41. The van der Waals surface area contributed by atoms with Crippen LogP contribution in [0.4, 0.5) is 9.93 Å². The van der Waals surface area contributed by atoms with Gasteiger partial charge in [-0.15, -0.1) is 11.3 Å². The molecule has 1 amide bonds. The third kappa shape index (κ3) is 5.69. The average Bonchev–Trinajstić information content (AvgIpc) is 3.49. The maximum absolute atomic E-state index is 13.1. The van der Waals surface area contributed by atoms with E-state index in [2.05, 4.69) is 15.3 Å². The minimum absolute atomic E-state index is 0.203. The number of benzene rings is 2. The molecular formula is C27H29ClN4O4S. The molecule has 3 heterocycles. The maximum Gasteiger partial charge on any atom is 0.410 e. The monoisotopic (exact) mass is 540 g/mol. The highest BCUT2D eigenvalue weighted by molar-refractivity contribution is 7.15. The van der Waals surface area contributed by atoms with Crippen LogP contribution in [0.2, 0.25) is 5.02 Å². The molecule has 8 nitrogen and oxygen atoms in total. The highest BCUT2D eigenvalue weighted by Crippen LogP contribution is 2.39. The van der Waals surface area contributed by atoms with Crippen LogP contribution in [0.25, 0.3) is 10.9 Å². The number of anilines is 1. The number of rotatable bonds is 9. The lowest BCUT2D eigenvalue weighted by molar-refractivity contribution is 0.0629. The van der Waals surface area contributed by atoms with Crippen LogP contribution in [0.5, 0.6) is 5.75 Å². The number of aryl methyl sites for hydroxylation is 1. The van der Waals surface area contributed by atoms with E-state index in [9.17, 15) is 4.79 Å². The number of hydrogen-bond donors (Lipinski definition) is 2. The molecule has 0 bridgehead atoms. The number of aromatic amines is 1. The largest absolute Gasteiger partial charge is 0.492 e. The average molecular weight is 541 g/mol. The summed E-state index contributed by atoms with van der Waals surface area (Å²) in [7, 11) is 1.58. The molecule has 4 aromatic rings. The Bertz CT molecular complexity index is 1370. The molecule has 1 atom stereocenters. The van der Waals surface area contributed by atoms with Gasteiger partial charge in [-0.25, -0.2) is 9.78 Å². The fourth-order valence-electron chi connectivity index (χ4n) is 4.61. The van der Waals surface area contributed by atoms with Gasteiger partial charge in [-0.3, -0.25) is 4.90 Å². The molecule has 194 valence electrons. The van der Waals surface area contributed by atoms with E-state index < -0.39 is 0 Å². The van der Waals surface area contributed by atoms with E-state index in [1.165, 1.54) is 10.4 Å². The van der Waals surface area contributed by atoms with Gasteiger partial charge in [-0.1, -0.05) is 23.7 Å². The van der Waals surface area contributed by atoms with Crippen LogP contribution >= 0.6 is 22.9 Å². The van der Waals surface area contributed by atoms with Crippen molar-refractivity contribution in [2.45, 2.75) is 19.4 Å². The second kappa shape index (κ2) is 11.4. The molecule has 0 unspecified atom stereocenters. The molecule has 0 saturated heterocycles. The first-order valence-electron chi connectivity index (χ1n) is 12.1. The summed E-state index contributed by atoms with van der Waals surface area (Å²) < 4.78 is 16.5. The molecule has 2 aromatic carbocycles. The first kappa shape index (κ1) is 25.4. The number of aromatic nitrogens is 2. The third-order valence-corrected chi connectivity index (χ3v) is 7.41. The van der Waals surface area contributed by atoms with Gasteiger partial charge >= 0.3 is 6.09 Å². The molecular weight excluding hydrogens is 512 g/mol. The highest BCUT2D eigenvalue weighted by atomic mass is 35.5. The molecule has 5 rings (SSSR count). The van der Waals surface area contributed by atoms with Crippen molar-refractivity contribution >= 4 is 45.1 Å². The van der Waals surface area contributed by atoms with E-state index in [0.717, 1.165) is 33.0 Å². The number of carbonyl (C=O) groups is 1. The molecule has 0 spiro atoms. The summed E-state index contributed by atoms with van der Waals surface area (Å²) in [6, 6.07) is 13.4. The Morgan fingerprint density at radius 1 is 1.22 bits per heavy atom. The summed E-state index contributed by atoms with van der Waals surface area (Å²) >= 11 is 7.91. The number of fused-ring (bicyclic) bond motifs is 3. The SMILES string of the molecule is COCCOC(=O)N1CCc2c([nH]c3ccc(Cl)cc23)[C@@H]1c1ccc(OCCNc2ncc(C)s2)cc1. The fourth-order valence-corrected chi connectivity index (χ4v) is 5.47. The number of hydrogen-bond acceptors (Lipinski definition) is 7. The molecule has 0 aliphatic carbocycles. The van der Waals surface area contributed by atoms with Crippen LogP contribution in [-0.4, -0.2) is 61.0 Å². The normalized spacial score (nSPS) is 15.0. The van der Waals surface area contributed by atoms with E-state index in [-0.39, 0.29) is 18.7 Å². The van der Waals surface area contributed by atoms with Crippen molar-refractivity contribution < 1.29 is 19.0 Å². The van der Waals surface area contributed by atoms with Gasteiger partial charge in [0.2, 0.25) is 0 Å². The van der Waals surface area contributed by atoms with Crippen LogP contribution < -0.4 is 10.1 Å². The number of methoxy groups -OCH3 is 1. The van der Waals surface area contributed by atoms with Gasteiger partial charge in [0.25, 0.3) is 0 Å². The Hall–Kier alpha value is -3.27. The topological polar surface area (TPSA) is 88.7 Å². The van der Waals surface area contributed by atoms with Crippen LogP contribution in [-0.2, 0) is 15.9 Å². The Morgan fingerprint density at radius 2 is 2.05 bits per heavy atom. The van der Waals surface area contributed by atoms with E-state index in [1.807, 2.05) is 55.6 Å². The molecule has 0 saturated carbocycles. The van der Waals surface area contributed by atoms with Crippen molar-refractivity contribution in [3.05, 3.63) is 75.4 Å². The number of carbonyl (C=O) groups excluding carboxylic acids is 1. The van der Waals surface area contributed by atoms with E-state index in [4.69, 9.17) is 25.8 Å². The van der Waals surface area contributed by atoms with Gasteiger partial charge in [0.15, 0.2) is 5.13 Å². The van der Waals surface area contributed by atoms with Crippen molar-refractivity contribution in [3.8, 4) is 5.75 Å². The smallest absolute Gasteiger partial charge is 0.410 e. The summed E-state index contributed by atoms with van der Waals surface area (Å²) in [6.45, 7) is 4.27. The number of H-pyrrole nitrogens is 1. The molecule has 0 radical (unpaired) electrons. The summed E-state index contributed by atoms with van der Waals surface area (Å²) in [4.78, 5) is 23.8. The molecule has 37 heavy (non-hydrogen) atoms. The van der Waals surface area contributed by atoms with Crippen LogP contribution in [0.15, 0.2) is 48.7 Å². The summed E-state index contributed by atoms with van der Waals surface area (Å²) in [6.07, 6.45) is 2.19. The minimum Gasteiger partial charge on any atom is -0.492 e. The van der Waals surface area contributed by atoms with Gasteiger partial charge in [0.05, 0.1) is 13.2 Å². The number of nitrogens with zero attached hydrogens (tertiary/aromatic N) is 2. The quantitative estimate of drug-likeness (QED) is 0.261. The predicted octanol–water partition coefficient (Wildman–Crippen LogP) is 5.81. The molecule has 2 N–H and O–H groups in total. The molecule has 0 fully saturated rings. The van der Waals surface area contributed by atoms with Gasteiger partial charge in [-0.2, -0.15) is 0 Å². The zero-order valence-corrected chi connectivity index (χ0v) is 22.3. The first-order valence-corrected chi connectivity index (χ1v) is 13.3. The summed E-state index contributed by atoms with van der Waals surface area (Å²) in [5, 5.41) is 5.93. The number of nitrogens with one attached hydrogen (secondary N) is 2. The zero-order valence-electron chi connectivity index (χ0n) is 20.8. The van der Waals surface area contributed by atoms with Crippen LogP contribution in [0, 0.1) is 6.92 Å². The van der Waals surface area contributed by atoms with Crippen LogP contribution in [0.3, 0.4) is 0 Å². The fraction of sp³-hybridized carbons (Fsp3) is 0.333. The Kier molecular flexibility index (Phi) is 7.83. The standard InChI is InChI=1S/C27H29ClN4O4S/c1-17-16-30-26(37-17)29-10-12-35-20-6-3-18(4-7-20)25-24-21(22-15-19(28)5-8-23(22)31-24)9-11-32(25)27(33)36-14-13-34-2/h3-8,15-16,25,31H,9-14H2,1-2H3,(H,29,30)/t25-/m0/s1. The number of halogens is 1. The number of amides is 1. The summed E-state index contributed by atoms with van der Waals surface area (Å²) in [5.74, 6) is 0.759. The first-order chi connectivity index (χ1) is 18.0. The van der Waals surface area contributed by atoms with Gasteiger partial charge < -0.3 is 24.5 Å². The second-order valence-corrected chi connectivity index (χ2v) is 10.5. The molecule has 10 heteroatoms. The van der Waals surface area contributed by atoms with Crippen molar-refractivity contribution in [1.29, 1.82) is 0 Å². The number of thiazole rings is 1. The predicted molar refractivity (Wildman–Crippen MR) is 146 cm³/mol. The lowest BCUT2D eigenvalue weighted by atomic mass is 9.92. The van der Waals surface area contributed by atoms with E-state index >= 15 is 0 Å². The van der Waals surface area contributed by atoms with E-state index in [1.54, 1.807) is 23.3 Å². The van der Waals surface area contributed by atoms with Crippen LogP contribution in [0.1, 0.15) is 27.7 Å².